The lowest BCUT2D eigenvalue weighted by atomic mass is 10.0. The van der Waals surface area contributed by atoms with Gasteiger partial charge in [-0.25, -0.2) is 4.68 Å². The van der Waals surface area contributed by atoms with Gasteiger partial charge in [-0.2, -0.15) is 4.68 Å². The summed E-state index contributed by atoms with van der Waals surface area (Å²) in [6.07, 6.45) is -0.727. The number of fused-ring (bicyclic) bond motifs is 3. The Balaban J connectivity index is 1.52. The first-order valence-electron chi connectivity index (χ1n) is 7.45. The maximum Gasteiger partial charge on any atom is 0.231 e. The monoisotopic (exact) mass is 348 g/mol. The second kappa shape index (κ2) is 5.10. The summed E-state index contributed by atoms with van der Waals surface area (Å²) >= 11 is 5.49. The molecule has 2 fully saturated rings. The fourth-order valence-electron chi connectivity index (χ4n) is 3.11. The SMILES string of the molecule is O=C1C[C@@H](n2nnn(-c3ccc4c(c3)OCO4)c2=S)[C@@H]2CO[C@H]1O2. The van der Waals surface area contributed by atoms with Crippen LogP contribution in [0.4, 0.5) is 0 Å². The van der Waals surface area contributed by atoms with Crippen LogP contribution in [0, 0.1) is 4.77 Å². The molecule has 0 aliphatic carbocycles. The third-order valence-corrected chi connectivity index (χ3v) is 4.69. The Morgan fingerprint density at radius 3 is 3.00 bits per heavy atom. The van der Waals surface area contributed by atoms with E-state index in [4.69, 9.17) is 31.2 Å². The predicted octanol–water partition coefficient (Wildman–Crippen LogP) is 0.782. The fraction of sp³-hybridized carbons (Fsp3) is 0.429. The van der Waals surface area contributed by atoms with Crippen molar-refractivity contribution in [3.05, 3.63) is 23.0 Å². The van der Waals surface area contributed by atoms with Gasteiger partial charge in [0, 0.05) is 12.5 Å². The number of carbonyl (C=O) groups is 1. The van der Waals surface area contributed by atoms with Crippen LogP contribution < -0.4 is 9.47 Å². The summed E-state index contributed by atoms with van der Waals surface area (Å²) in [5.41, 5.74) is 0.708. The molecule has 1 aromatic heterocycles. The minimum atomic E-state index is -0.746. The highest BCUT2D eigenvalue weighted by molar-refractivity contribution is 7.71. The molecule has 3 aliphatic rings. The van der Waals surface area contributed by atoms with Crippen LogP contribution in [0.15, 0.2) is 18.2 Å². The predicted molar refractivity (Wildman–Crippen MR) is 79.6 cm³/mol. The summed E-state index contributed by atoms with van der Waals surface area (Å²) in [7, 11) is 0. The van der Waals surface area contributed by atoms with Crippen molar-refractivity contribution in [3.8, 4) is 17.2 Å². The number of carbonyl (C=O) groups excluding carboxylic acids is 1. The minimum Gasteiger partial charge on any atom is -0.454 e. The van der Waals surface area contributed by atoms with Gasteiger partial charge in [-0.05, 0) is 34.8 Å². The van der Waals surface area contributed by atoms with Gasteiger partial charge in [0.05, 0.1) is 18.3 Å². The first-order valence-corrected chi connectivity index (χ1v) is 7.86. The molecule has 124 valence electrons. The number of Topliss-reactive ketones (excluding diaryl/α,β-unsaturated/α-hetero) is 1. The van der Waals surface area contributed by atoms with E-state index >= 15 is 0 Å². The average molecular weight is 348 g/mol. The number of ether oxygens (including phenoxy) is 4. The van der Waals surface area contributed by atoms with Gasteiger partial charge in [-0.3, -0.25) is 4.79 Å². The Hall–Kier alpha value is -2.30. The van der Waals surface area contributed by atoms with E-state index in [2.05, 4.69) is 10.4 Å². The van der Waals surface area contributed by atoms with Crippen molar-refractivity contribution < 1.29 is 23.7 Å². The molecular weight excluding hydrogens is 336 g/mol. The van der Waals surface area contributed by atoms with Gasteiger partial charge in [0.1, 0.15) is 6.10 Å². The molecule has 2 saturated heterocycles. The van der Waals surface area contributed by atoms with Crippen molar-refractivity contribution in [1.29, 1.82) is 0 Å². The number of aromatic nitrogens is 4. The molecule has 9 nitrogen and oxygen atoms in total. The number of benzene rings is 1. The van der Waals surface area contributed by atoms with E-state index in [1.165, 1.54) is 4.68 Å². The Morgan fingerprint density at radius 2 is 2.08 bits per heavy atom. The van der Waals surface area contributed by atoms with Gasteiger partial charge in [0.2, 0.25) is 17.9 Å². The Morgan fingerprint density at radius 1 is 1.21 bits per heavy atom. The standard InChI is InChI=1S/C14H12N4O5S/c19-9-4-8(12-5-20-13(9)23-12)18-14(24)17(15-16-18)7-1-2-10-11(3-7)22-6-21-10/h1-3,8,12-13H,4-6H2/t8-,12+,13+/m1/s1. The first-order chi connectivity index (χ1) is 11.7. The van der Waals surface area contributed by atoms with Gasteiger partial charge in [0.25, 0.3) is 0 Å². The Kier molecular flexibility index (Phi) is 2.99. The fourth-order valence-corrected chi connectivity index (χ4v) is 3.43. The van der Waals surface area contributed by atoms with Crippen LogP contribution in [-0.2, 0) is 14.3 Å². The van der Waals surface area contributed by atoms with Crippen LogP contribution >= 0.6 is 12.2 Å². The Bertz CT molecular complexity index is 894. The third kappa shape index (κ3) is 2.00. The molecule has 0 radical (unpaired) electrons. The van der Waals surface area contributed by atoms with Crippen LogP contribution in [0.5, 0.6) is 11.5 Å². The summed E-state index contributed by atoms with van der Waals surface area (Å²) < 4.78 is 25.0. The number of ketones is 1. The topological polar surface area (TPSA) is 89.6 Å². The highest BCUT2D eigenvalue weighted by Gasteiger charge is 2.45. The maximum absolute atomic E-state index is 12.0. The van der Waals surface area contributed by atoms with Gasteiger partial charge < -0.3 is 18.9 Å². The van der Waals surface area contributed by atoms with Gasteiger partial charge in [0.15, 0.2) is 17.3 Å². The highest BCUT2D eigenvalue weighted by Crippen LogP contribution is 2.35. The van der Waals surface area contributed by atoms with Gasteiger partial charge in [-0.1, -0.05) is 0 Å². The number of hydrogen-bond acceptors (Lipinski definition) is 8. The molecule has 0 amide bonds. The van der Waals surface area contributed by atoms with Crippen LogP contribution in [0.3, 0.4) is 0 Å². The van der Waals surface area contributed by atoms with E-state index in [0.29, 0.717) is 28.6 Å². The molecule has 0 N–H and O–H groups in total. The summed E-state index contributed by atoms with van der Waals surface area (Å²) in [5.74, 6) is 1.21. The number of tetrazole rings is 1. The van der Waals surface area contributed by atoms with Gasteiger partial charge in [-0.15, -0.1) is 0 Å². The molecule has 1 aromatic carbocycles. The minimum absolute atomic E-state index is 0.103. The van der Waals surface area contributed by atoms with Crippen molar-refractivity contribution in [2.75, 3.05) is 13.4 Å². The molecule has 3 aliphatic heterocycles. The summed E-state index contributed by atoms with van der Waals surface area (Å²) in [6, 6.07) is 5.08. The van der Waals surface area contributed by atoms with E-state index in [0.717, 1.165) is 0 Å². The van der Waals surface area contributed by atoms with E-state index < -0.39 is 6.29 Å². The molecule has 24 heavy (non-hydrogen) atoms. The van der Waals surface area contributed by atoms with E-state index in [1.807, 2.05) is 6.07 Å². The Labute approximate surface area is 140 Å². The summed E-state index contributed by atoms with van der Waals surface area (Å²) in [5, 5.41) is 8.24. The van der Waals surface area contributed by atoms with Crippen molar-refractivity contribution >= 4 is 18.0 Å². The smallest absolute Gasteiger partial charge is 0.231 e. The average Bonchev–Trinajstić information content (AvgIpc) is 3.30. The molecular formula is C14H12N4O5S. The molecule has 5 rings (SSSR count). The second-order valence-corrected chi connectivity index (χ2v) is 6.10. The maximum atomic E-state index is 12.0. The lowest BCUT2D eigenvalue weighted by molar-refractivity contribution is -0.156. The van der Waals surface area contributed by atoms with Crippen molar-refractivity contribution in [2.45, 2.75) is 24.9 Å². The molecule has 0 saturated carbocycles. The van der Waals surface area contributed by atoms with Crippen molar-refractivity contribution in [2.24, 2.45) is 0 Å². The summed E-state index contributed by atoms with van der Waals surface area (Å²) in [4.78, 5) is 12.0. The molecule has 2 bridgehead atoms. The lowest BCUT2D eigenvalue weighted by Crippen LogP contribution is -2.37. The highest BCUT2D eigenvalue weighted by atomic mass is 32.1. The van der Waals surface area contributed by atoms with E-state index in [9.17, 15) is 4.79 Å². The van der Waals surface area contributed by atoms with Crippen molar-refractivity contribution in [1.82, 2.24) is 19.8 Å². The number of hydrogen-bond donors (Lipinski definition) is 0. The van der Waals surface area contributed by atoms with Crippen molar-refractivity contribution in [3.63, 3.8) is 0 Å². The lowest BCUT2D eigenvalue weighted by Gasteiger charge is -2.25. The normalized spacial score (nSPS) is 27.7. The van der Waals surface area contributed by atoms with Crippen LogP contribution in [0.2, 0.25) is 0 Å². The number of rotatable bonds is 2. The zero-order valence-electron chi connectivity index (χ0n) is 12.3. The molecule has 4 heterocycles. The first kappa shape index (κ1) is 14.1. The zero-order chi connectivity index (χ0) is 16.3. The molecule has 3 atom stereocenters. The van der Waals surface area contributed by atoms with E-state index in [-0.39, 0.29) is 31.1 Å². The molecule has 0 unspecified atom stereocenters. The largest absolute Gasteiger partial charge is 0.454 e. The quantitative estimate of drug-likeness (QED) is 0.736. The number of nitrogens with zero attached hydrogens (tertiary/aromatic N) is 4. The molecule has 10 heteroatoms. The third-order valence-electron chi connectivity index (χ3n) is 4.33. The molecule has 2 aromatic rings. The van der Waals surface area contributed by atoms with Crippen LogP contribution in [0.1, 0.15) is 12.5 Å². The van der Waals surface area contributed by atoms with Crippen LogP contribution in [-0.4, -0.2) is 51.4 Å². The summed E-state index contributed by atoms with van der Waals surface area (Å²) in [6.45, 7) is 0.543. The molecule has 0 spiro atoms. The second-order valence-electron chi connectivity index (χ2n) is 5.73. The van der Waals surface area contributed by atoms with Gasteiger partial charge >= 0.3 is 0 Å². The van der Waals surface area contributed by atoms with E-state index in [1.54, 1.807) is 16.8 Å². The van der Waals surface area contributed by atoms with Crippen LogP contribution in [0.25, 0.3) is 5.69 Å². The zero-order valence-corrected chi connectivity index (χ0v) is 13.1.